The van der Waals surface area contributed by atoms with Crippen molar-refractivity contribution in [2.45, 2.75) is 38.3 Å². The van der Waals surface area contributed by atoms with Gasteiger partial charge < -0.3 is 14.8 Å². The van der Waals surface area contributed by atoms with Crippen molar-refractivity contribution in [1.29, 1.82) is 0 Å². The monoisotopic (exact) mass is 479 g/mol. The maximum atomic E-state index is 13.0. The van der Waals surface area contributed by atoms with E-state index in [0.29, 0.717) is 25.2 Å². The number of piperidine rings is 1. The molecule has 180 valence electrons. The maximum absolute atomic E-state index is 13.0. The molecule has 0 spiro atoms. The fourth-order valence-corrected chi connectivity index (χ4v) is 5.26. The topological polar surface area (TPSA) is 105 Å². The van der Waals surface area contributed by atoms with Gasteiger partial charge >= 0.3 is 0 Å². The lowest BCUT2D eigenvalue weighted by Gasteiger charge is -2.32. The van der Waals surface area contributed by atoms with Crippen LogP contribution in [-0.4, -0.2) is 65.2 Å². The highest BCUT2D eigenvalue weighted by atomic mass is 32.2. The van der Waals surface area contributed by atoms with Crippen molar-refractivity contribution in [2.24, 2.45) is 13.0 Å². The zero-order chi connectivity index (χ0) is 24.2. The summed E-state index contributed by atoms with van der Waals surface area (Å²) in [5.41, 5.74) is 0.760. The Labute approximate surface area is 193 Å². The van der Waals surface area contributed by atoms with Crippen molar-refractivity contribution in [3.8, 4) is 0 Å². The summed E-state index contributed by atoms with van der Waals surface area (Å²) in [6.07, 6.45) is 2.26. The molecule has 1 aliphatic heterocycles. The van der Waals surface area contributed by atoms with Crippen LogP contribution in [0.5, 0.6) is 0 Å². The molecule has 0 saturated carbocycles. The van der Waals surface area contributed by atoms with Crippen molar-refractivity contribution in [1.82, 2.24) is 24.1 Å². The van der Waals surface area contributed by atoms with Crippen LogP contribution in [0.1, 0.15) is 31.2 Å². The molecule has 2 amide bonds. The summed E-state index contributed by atoms with van der Waals surface area (Å²) in [5, 5.41) is 2.76. The highest BCUT2D eigenvalue weighted by molar-refractivity contribution is 7.89. The van der Waals surface area contributed by atoms with Crippen LogP contribution >= 0.6 is 0 Å². The van der Waals surface area contributed by atoms with Crippen LogP contribution in [0.15, 0.2) is 35.5 Å². The second kappa shape index (κ2) is 10.4. The van der Waals surface area contributed by atoms with Crippen molar-refractivity contribution >= 4 is 21.8 Å². The van der Waals surface area contributed by atoms with Gasteiger partial charge in [-0.3, -0.25) is 9.59 Å². The van der Waals surface area contributed by atoms with E-state index in [1.54, 1.807) is 37.6 Å². The quantitative estimate of drug-likeness (QED) is 0.617. The number of carbonyl (C=O) groups is 2. The van der Waals surface area contributed by atoms with Crippen molar-refractivity contribution in [3.05, 3.63) is 47.7 Å². The SMILES string of the molecule is CCN(CC(=O)NCc1ccc(F)cc1)C(=O)C1CCN(S(=O)(=O)c2cn(C)c(C)n2)CC1. The number of nitrogens with one attached hydrogen (secondary N) is 1. The van der Waals surface area contributed by atoms with E-state index in [0.717, 1.165) is 5.56 Å². The van der Waals surface area contributed by atoms with E-state index in [9.17, 15) is 22.4 Å². The van der Waals surface area contributed by atoms with E-state index < -0.39 is 10.0 Å². The highest BCUT2D eigenvalue weighted by Crippen LogP contribution is 2.25. The molecule has 1 saturated heterocycles. The molecule has 2 aromatic rings. The van der Waals surface area contributed by atoms with Crippen molar-refractivity contribution in [2.75, 3.05) is 26.2 Å². The lowest BCUT2D eigenvalue weighted by molar-refractivity contribution is -0.140. The number of likely N-dealkylation sites (N-methyl/N-ethyl adjacent to an activating group) is 1. The van der Waals surface area contributed by atoms with E-state index >= 15 is 0 Å². The smallest absolute Gasteiger partial charge is 0.262 e. The number of aryl methyl sites for hydroxylation is 2. The molecule has 0 unspecified atom stereocenters. The zero-order valence-electron chi connectivity index (χ0n) is 19.1. The van der Waals surface area contributed by atoms with Gasteiger partial charge in [0.2, 0.25) is 11.8 Å². The Kier molecular flexibility index (Phi) is 7.85. The number of nitrogens with zero attached hydrogens (tertiary/aromatic N) is 4. The van der Waals surface area contributed by atoms with Gasteiger partial charge in [-0.1, -0.05) is 12.1 Å². The first-order valence-electron chi connectivity index (χ1n) is 10.9. The normalized spacial score (nSPS) is 15.4. The second-order valence-electron chi connectivity index (χ2n) is 8.17. The molecule has 1 aromatic carbocycles. The minimum atomic E-state index is -3.71. The van der Waals surface area contributed by atoms with E-state index in [2.05, 4.69) is 10.3 Å². The number of benzene rings is 1. The average Bonchev–Trinajstić information content (AvgIpc) is 3.15. The third kappa shape index (κ3) is 5.97. The van der Waals surface area contributed by atoms with Gasteiger partial charge in [0, 0.05) is 45.3 Å². The van der Waals surface area contributed by atoms with E-state index in [4.69, 9.17) is 0 Å². The third-order valence-electron chi connectivity index (χ3n) is 5.92. The number of amides is 2. The predicted molar refractivity (Wildman–Crippen MR) is 120 cm³/mol. The average molecular weight is 480 g/mol. The minimum Gasteiger partial charge on any atom is -0.350 e. The Morgan fingerprint density at radius 2 is 1.85 bits per heavy atom. The van der Waals surface area contributed by atoms with Crippen LogP contribution < -0.4 is 5.32 Å². The molecule has 0 bridgehead atoms. The van der Waals surface area contributed by atoms with Gasteiger partial charge in [0.15, 0.2) is 5.03 Å². The lowest BCUT2D eigenvalue weighted by Crippen LogP contribution is -2.47. The Hall–Kier alpha value is -2.79. The minimum absolute atomic E-state index is 0.0142. The number of sulfonamides is 1. The molecule has 11 heteroatoms. The van der Waals surface area contributed by atoms with Crippen LogP contribution in [0.25, 0.3) is 0 Å². The molecular formula is C22H30FN5O4S. The first-order chi connectivity index (χ1) is 15.6. The molecule has 33 heavy (non-hydrogen) atoms. The van der Waals surface area contributed by atoms with Gasteiger partial charge in [0.05, 0.1) is 6.54 Å². The largest absolute Gasteiger partial charge is 0.350 e. The number of imidazole rings is 1. The standard InChI is InChI=1S/C22H30FN5O4S/c1-4-27(14-20(29)24-13-17-5-7-19(23)8-6-17)22(30)18-9-11-28(12-10-18)33(31,32)21-15-26(3)16(2)25-21/h5-8,15,18H,4,9-14H2,1-3H3,(H,24,29). The predicted octanol–water partition coefficient (Wildman–Crippen LogP) is 1.43. The first-order valence-corrected chi connectivity index (χ1v) is 12.4. The number of hydrogen-bond acceptors (Lipinski definition) is 5. The molecule has 1 N–H and O–H groups in total. The Balaban J connectivity index is 1.52. The summed E-state index contributed by atoms with van der Waals surface area (Å²) >= 11 is 0. The van der Waals surface area contributed by atoms with Crippen molar-refractivity contribution in [3.63, 3.8) is 0 Å². The number of hydrogen-bond donors (Lipinski definition) is 1. The summed E-state index contributed by atoms with van der Waals surface area (Å²) in [7, 11) is -1.97. The Bertz CT molecular complexity index is 1070. The summed E-state index contributed by atoms with van der Waals surface area (Å²) < 4.78 is 41.7. The maximum Gasteiger partial charge on any atom is 0.262 e. The molecule has 0 radical (unpaired) electrons. The van der Waals surface area contributed by atoms with Crippen LogP contribution in [0.3, 0.4) is 0 Å². The van der Waals surface area contributed by atoms with Crippen molar-refractivity contribution < 1.29 is 22.4 Å². The molecule has 2 heterocycles. The molecule has 3 rings (SSSR count). The van der Waals surface area contributed by atoms with Crippen LogP contribution in [-0.2, 0) is 33.2 Å². The summed E-state index contributed by atoms with van der Waals surface area (Å²) in [5.74, 6) is -0.538. The van der Waals surface area contributed by atoms with E-state index in [-0.39, 0.29) is 54.8 Å². The molecule has 0 atom stereocenters. The first kappa shape index (κ1) is 24.8. The van der Waals surface area contributed by atoms with Gasteiger partial charge in [-0.25, -0.2) is 17.8 Å². The fourth-order valence-electron chi connectivity index (χ4n) is 3.76. The Morgan fingerprint density at radius 1 is 1.21 bits per heavy atom. The number of rotatable bonds is 8. The summed E-state index contributed by atoms with van der Waals surface area (Å²) in [6.45, 7) is 4.52. The number of aromatic nitrogens is 2. The lowest BCUT2D eigenvalue weighted by atomic mass is 9.96. The number of halogens is 1. The highest BCUT2D eigenvalue weighted by Gasteiger charge is 2.35. The van der Waals surface area contributed by atoms with Gasteiger partial charge in [0.1, 0.15) is 11.6 Å². The molecule has 1 aromatic heterocycles. The third-order valence-corrected chi connectivity index (χ3v) is 7.69. The van der Waals surface area contributed by atoms with Gasteiger partial charge in [-0.05, 0) is 44.4 Å². The van der Waals surface area contributed by atoms with E-state index in [1.807, 2.05) is 0 Å². The van der Waals surface area contributed by atoms with Gasteiger partial charge in [-0.2, -0.15) is 4.31 Å². The molecule has 1 fully saturated rings. The van der Waals surface area contributed by atoms with E-state index in [1.165, 1.54) is 27.5 Å². The summed E-state index contributed by atoms with van der Waals surface area (Å²) in [4.78, 5) is 30.9. The summed E-state index contributed by atoms with van der Waals surface area (Å²) in [6, 6.07) is 5.83. The second-order valence-corrected chi connectivity index (χ2v) is 10.1. The van der Waals surface area contributed by atoms with Crippen LogP contribution in [0.4, 0.5) is 4.39 Å². The Morgan fingerprint density at radius 3 is 2.39 bits per heavy atom. The van der Waals surface area contributed by atoms with Gasteiger partial charge in [-0.15, -0.1) is 0 Å². The van der Waals surface area contributed by atoms with Gasteiger partial charge in [0.25, 0.3) is 10.0 Å². The molecular weight excluding hydrogens is 449 g/mol. The zero-order valence-corrected chi connectivity index (χ0v) is 19.9. The van der Waals surface area contributed by atoms with Crippen LogP contribution in [0.2, 0.25) is 0 Å². The molecule has 0 aliphatic carbocycles. The number of carbonyl (C=O) groups excluding carboxylic acids is 2. The molecule has 1 aliphatic rings. The van der Waals surface area contributed by atoms with Crippen LogP contribution in [0, 0.1) is 18.7 Å². The molecule has 9 nitrogen and oxygen atoms in total. The fraction of sp³-hybridized carbons (Fsp3) is 0.500.